The zero-order valence-electron chi connectivity index (χ0n) is 18.4. The molecule has 2 aliphatic heterocycles. The lowest BCUT2D eigenvalue weighted by molar-refractivity contribution is 0.751. The van der Waals surface area contributed by atoms with Gasteiger partial charge in [-0.15, -0.1) is 46.2 Å². The highest BCUT2D eigenvalue weighted by Crippen LogP contribution is 2.47. The van der Waals surface area contributed by atoms with Crippen LogP contribution in [0.15, 0.2) is 55.5 Å². The highest BCUT2D eigenvalue weighted by atomic mass is 32.2. The fraction of sp³-hybridized carbons (Fsp3) is 0.417. The van der Waals surface area contributed by atoms with Crippen molar-refractivity contribution in [3.8, 4) is 0 Å². The number of thioether (sulfide) groups is 2. The predicted molar refractivity (Wildman–Crippen MR) is 140 cm³/mol. The summed E-state index contributed by atoms with van der Waals surface area (Å²) in [4.78, 5) is 15.6. The molecule has 4 heterocycles. The standard InChI is InChI=1S/C24H28N2S4/c1-13(2)11-27-23-19-20(22(25-23)18-10-8-16(6)30-18)24(28-12-14(3)4)26-21(19)17-9-7-15(5)29-17/h7-10,13-14H,11-12H2,1-6H3. The lowest BCUT2D eigenvalue weighted by Gasteiger charge is -2.07. The maximum Gasteiger partial charge on any atom is 0.107 e. The Bertz CT molecular complexity index is 990. The first-order valence-electron chi connectivity index (χ1n) is 10.4. The number of hydrogen-bond donors (Lipinski definition) is 0. The van der Waals surface area contributed by atoms with E-state index >= 15 is 0 Å². The molecule has 0 atom stereocenters. The van der Waals surface area contributed by atoms with E-state index in [4.69, 9.17) is 9.98 Å². The largest absolute Gasteiger partial charge is 0.239 e. The molecule has 30 heavy (non-hydrogen) atoms. The van der Waals surface area contributed by atoms with Gasteiger partial charge in [0, 0.05) is 32.4 Å². The highest BCUT2D eigenvalue weighted by molar-refractivity contribution is 8.03. The number of nitrogens with zero attached hydrogens (tertiary/aromatic N) is 2. The summed E-state index contributed by atoms with van der Waals surface area (Å²) in [6.45, 7) is 13.4. The van der Waals surface area contributed by atoms with Gasteiger partial charge in [0.25, 0.3) is 0 Å². The summed E-state index contributed by atoms with van der Waals surface area (Å²) in [6.07, 6.45) is 0. The average Bonchev–Trinajstić information content (AvgIpc) is 3.43. The van der Waals surface area contributed by atoms with Gasteiger partial charge in [-0.2, -0.15) is 0 Å². The number of aliphatic imine (C=N–C) groups is 2. The van der Waals surface area contributed by atoms with Crippen molar-refractivity contribution < 1.29 is 0 Å². The molecule has 0 N–H and O–H groups in total. The van der Waals surface area contributed by atoms with Crippen LogP contribution in [0.25, 0.3) is 0 Å². The zero-order chi connectivity index (χ0) is 21.4. The third-order valence-electron chi connectivity index (χ3n) is 4.63. The maximum atomic E-state index is 5.21. The summed E-state index contributed by atoms with van der Waals surface area (Å²) >= 11 is 7.42. The van der Waals surface area contributed by atoms with Gasteiger partial charge in [0.05, 0.1) is 21.2 Å². The molecule has 2 aromatic rings. The van der Waals surface area contributed by atoms with Gasteiger partial charge in [-0.3, -0.25) is 0 Å². The van der Waals surface area contributed by atoms with Crippen molar-refractivity contribution >= 4 is 57.6 Å². The Balaban J connectivity index is 1.83. The first-order valence-corrected chi connectivity index (χ1v) is 14.0. The van der Waals surface area contributed by atoms with Gasteiger partial charge in [-0.1, -0.05) is 27.7 Å². The monoisotopic (exact) mass is 472 g/mol. The Kier molecular flexibility index (Phi) is 6.78. The fourth-order valence-corrected chi connectivity index (χ4v) is 6.97. The van der Waals surface area contributed by atoms with Gasteiger partial charge in [0.1, 0.15) is 10.1 Å². The van der Waals surface area contributed by atoms with Crippen molar-refractivity contribution in [3.63, 3.8) is 0 Å². The van der Waals surface area contributed by atoms with Crippen LogP contribution in [-0.2, 0) is 0 Å². The van der Waals surface area contributed by atoms with Crippen molar-refractivity contribution in [2.75, 3.05) is 11.5 Å². The minimum absolute atomic E-state index is 0.624. The molecule has 0 saturated carbocycles. The molecule has 6 heteroatoms. The van der Waals surface area contributed by atoms with Crippen LogP contribution in [0.5, 0.6) is 0 Å². The Labute approximate surface area is 196 Å². The normalized spacial score (nSPS) is 16.3. The second-order valence-corrected chi connectivity index (χ2v) is 13.1. The van der Waals surface area contributed by atoms with Gasteiger partial charge in [0.15, 0.2) is 0 Å². The number of rotatable bonds is 8. The molecule has 4 rings (SSSR count). The fourth-order valence-electron chi connectivity index (χ4n) is 3.26. The van der Waals surface area contributed by atoms with Crippen molar-refractivity contribution in [2.24, 2.45) is 21.8 Å². The summed E-state index contributed by atoms with van der Waals surface area (Å²) in [7, 11) is 0. The Morgan fingerprint density at radius 1 is 0.700 bits per heavy atom. The maximum absolute atomic E-state index is 5.21. The molecule has 2 nitrogen and oxygen atoms in total. The number of allylic oxidation sites excluding steroid dienone is 2. The summed E-state index contributed by atoms with van der Waals surface area (Å²) in [5, 5.41) is 2.29. The van der Waals surface area contributed by atoms with Gasteiger partial charge in [-0.05, 0) is 49.9 Å². The lowest BCUT2D eigenvalue weighted by atomic mass is 10.0. The molecule has 0 spiro atoms. The first-order chi connectivity index (χ1) is 14.3. The quantitative estimate of drug-likeness (QED) is 0.389. The summed E-state index contributed by atoms with van der Waals surface area (Å²) in [6, 6.07) is 8.83. The molecule has 0 amide bonds. The van der Waals surface area contributed by atoms with Crippen molar-refractivity contribution in [1.29, 1.82) is 0 Å². The molecule has 0 aromatic carbocycles. The molecule has 0 unspecified atom stereocenters. The second-order valence-electron chi connectivity index (χ2n) is 8.51. The van der Waals surface area contributed by atoms with E-state index in [0.717, 1.165) is 33.0 Å². The minimum atomic E-state index is 0.624. The Morgan fingerprint density at radius 2 is 1.10 bits per heavy atom. The smallest absolute Gasteiger partial charge is 0.107 e. The van der Waals surface area contributed by atoms with Crippen LogP contribution in [0.2, 0.25) is 0 Å². The first kappa shape index (κ1) is 22.1. The summed E-state index contributed by atoms with van der Waals surface area (Å²) < 4.78 is 0. The van der Waals surface area contributed by atoms with Gasteiger partial charge >= 0.3 is 0 Å². The molecule has 0 aliphatic carbocycles. The van der Waals surface area contributed by atoms with Crippen LogP contribution in [0.3, 0.4) is 0 Å². The minimum Gasteiger partial charge on any atom is -0.239 e. The average molecular weight is 473 g/mol. The molecule has 0 fully saturated rings. The number of fused-ring (bicyclic) bond motifs is 1. The van der Waals surface area contributed by atoms with E-state index in [2.05, 4.69) is 65.8 Å². The van der Waals surface area contributed by atoms with E-state index in [1.807, 2.05) is 46.2 Å². The zero-order valence-corrected chi connectivity index (χ0v) is 21.7. The van der Waals surface area contributed by atoms with E-state index in [9.17, 15) is 0 Å². The third-order valence-corrected chi connectivity index (χ3v) is 9.45. The number of aryl methyl sites for hydroxylation is 2. The SMILES string of the molecule is Cc1ccc(C2=NC(SCC(C)C)=C3C(c4ccc(C)s4)=NC(SCC(C)C)=C23)s1. The van der Waals surface area contributed by atoms with Crippen molar-refractivity contribution in [2.45, 2.75) is 41.5 Å². The Hall–Kier alpha value is -1.08. The van der Waals surface area contributed by atoms with E-state index in [-0.39, 0.29) is 0 Å². The summed E-state index contributed by atoms with van der Waals surface area (Å²) in [5.41, 5.74) is 4.75. The summed E-state index contributed by atoms with van der Waals surface area (Å²) in [5.74, 6) is 3.38. The lowest BCUT2D eigenvalue weighted by Crippen LogP contribution is -2.05. The predicted octanol–water partition coefficient (Wildman–Crippen LogP) is 7.93. The number of hydrogen-bond acceptors (Lipinski definition) is 6. The Morgan fingerprint density at radius 3 is 1.40 bits per heavy atom. The van der Waals surface area contributed by atoms with Crippen LogP contribution in [0.1, 0.15) is 47.2 Å². The molecule has 0 bridgehead atoms. The van der Waals surface area contributed by atoms with E-state index in [1.165, 1.54) is 30.7 Å². The van der Waals surface area contributed by atoms with E-state index < -0.39 is 0 Å². The van der Waals surface area contributed by atoms with Gasteiger partial charge in [0.2, 0.25) is 0 Å². The van der Waals surface area contributed by atoms with Crippen LogP contribution >= 0.6 is 46.2 Å². The van der Waals surface area contributed by atoms with Crippen LogP contribution < -0.4 is 0 Å². The van der Waals surface area contributed by atoms with Crippen LogP contribution in [0, 0.1) is 25.7 Å². The molecule has 0 radical (unpaired) electrons. The highest BCUT2D eigenvalue weighted by Gasteiger charge is 2.37. The third kappa shape index (κ3) is 4.57. The van der Waals surface area contributed by atoms with E-state index in [1.54, 1.807) is 0 Å². The van der Waals surface area contributed by atoms with Crippen LogP contribution in [-0.4, -0.2) is 22.9 Å². The van der Waals surface area contributed by atoms with Crippen LogP contribution in [0.4, 0.5) is 0 Å². The molecule has 158 valence electrons. The molecular formula is C24H28N2S4. The molecule has 2 aliphatic rings. The number of thiophene rings is 2. The van der Waals surface area contributed by atoms with Crippen molar-refractivity contribution in [1.82, 2.24) is 0 Å². The molecule has 0 saturated heterocycles. The van der Waals surface area contributed by atoms with E-state index in [0.29, 0.717) is 11.8 Å². The topological polar surface area (TPSA) is 24.7 Å². The van der Waals surface area contributed by atoms with Crippen molar-refractivity contribution in [3.05, 3.63) is 65.0 Å². The second kappa shape index (κ2) is 9.19. The molecular weight excluding hydrogens is 445 g/mol. The van der Waals surface area contributed by atoms with Gasteiger partial charge in [-0.25, -0.2) is 9.98 Å². The van der Waals surface area contributed by atoms with Gasteiger partial charge < -0.3 is 0 Å². The molecule has 2 aromatic heterocycles.